The first-order valence-corrected chi connectivity index (χ1v) is 7.73. The average molecular weight is 295 g/mol. The van der Waals surface area contributed by atoms with E-state index >= 15 is 0 Å². The first-order valence-electron chi connectivity index (χ1n) is 7.35. The Bertz CT molecular complexity index is 551. The molecule has 0 radical (unpaired) electrons. The van der Waals surface area contributed by atoms with Gasteiger partial charge in [-0.05, 0) is 43.5 Å². The summed E-state index contributed by atoms with van der Waals surface area (Å²) in [4.78, 5) is 0. The van der Waals surface area contributed by atoms with Crippen LogP contribution < -0.4 is 5.32 Å². The predicted molar refractivity (Wildman–Crippen MR) is 85.3 cm³/mol. The van der Waals surface area contributed by atoms with Crippen LogP contribution in [0.1, 0.15) is 31.7 Å². The van der Waals surface area contributed by atoms with Gasteiger partial charge in [-0.25, -0.2) is 0 Å². The summed E-state index contributed by atoms with van der Waals surface area (Å²) in [5, 5.41) is 14.3. The number of unbranched alkanes of at least 4 members (excludes halogenated alkanes) is 2. The summed E-state index contributed by atoms with van der Waals surface area (Å²) >= 11 is 6.13. The Morgan fingerprint density at radius 1 is 1.25 bits per heavy atom. The summed E-state index contributed by atoms with van der Waals surface area (Å²) in [6.07, 6.45) is 5.24. The van der Waals surface area contributed by atoms with Crippen LogP contribution >= 0.6 is 11.6 Å². The first kappa shape index (κ1) is 15.4. The molecule has 0 aliphatic heterocycles. The predicted octanol–water partition coefficient (Wildman–Crippen LogP) is 3.57. The zero-order valence-electron chi connectivity index (χ0n) is 12.0. The van der Waals surface area contributed by atoms with Gasteiger partial charge in [-0.1, -0.05) is 24.6 Å². The van der Waals surface area contributed by atoms with Gasteiger partial charge < -0.3 is 15.0 Å². The maximum Gasteiger partial charge on any atom is 0.0498 e. The number of benzene rings is 1. The van der Waals surface area contributed by atoms with Crippen molar-refractivity contribution < 1.29 is 5.11 Å². The number of nitrogens with zero attached hydrogens (tertiary/aromatic N) is 1. The first-order chi connectivity index (χ1) is 9.76. The molecule has 2 N–H and O–H groups in total. The van der Waals surface area contributed by atoms with Crippen LogP contribution in [0.4, 0.5) is 0 Å². The van der Waals surface area contributed by atoms with Gasteiger partial charge in [0.2, 0.25) is 0 Å². The third-order valence-corrected chi connectivity index (χ3v) is 3.78. The summed E-state index contributed by atoms with van der Waals surface area (Å²) in [6, 6.07) is 6.10. The fourth-order valence-electron chi connectivity index (χ4n) is 2.50. The number of fused-ring (bicyclic) bond motifs is 1. The maximum atomic E-state index is 8.84. The van der Waals surface area contributed by atoms with E-state index in [1.165, 1.54) is 16.5 Å². The molecule has 0 amide bonds. The molecule has 0 bridgehead atoms. The Morgan fingerprint density at radius 3 is 2.85 bits per heavy atom. The van der Waals surface area contributed by atoms with Crippen LogP contribution in [0.2, 0.25) is 5.02 Å². The highest BCUT2D eigenvalue weighted by Crippen LogP contribution is 2.25. The quantitative estimate of drug-likeness (QED) is 0.730. The Kier molecular flexibility index (Phi) is 5.89. The van der Waals surface area contributed by atoms with Gasteiger partial charge in [0.25, 0.3) is 0 Å². The van der Waals surface area contributed by atoms with E-state index in [0.717, 1.165) is 43.9 Å². The lowest BCUT2D eigenvalue weighted by molar-refractivity contribution is 0.282. The zero-order chi connectivity index (χ0) is 14.4. The molecule has 0 aliphatic rings. The van der Waals surface area contributed by atoms with Crippen molar-refractivity contribution in [3.8, 4) is 0 Å². The van der Waals surface area contributed by atoms with E-state index in [9.17, 15) is 0 Å². The zero-order valence-corrected chi connectivity index (χ0v) is 12.8. The second kappa shape index (κ2) is 7.67. The molecule has 0 saturated heterocycles. The van der Waals surface area contributed by atoms with Crippen molar-refractivity contribution in [3.63, 3.8) is 0 Å². The molecule has 0 unspecified atom stereocenters. The molecule has 0 aliphatic carbocycles. The molecule has 0 fully saturated rings. The van der Waals surface area contributed by atoms with Crippen molar-refractivity contribution in [1.29, 1.82) is 0 Å². The number of aliphatic hydroxyl groups is 1. The lowest BCUT2D eigenvalue weighted by Gasteiger charge is -2.05. The van der Waals surface area contributed by atoms with Gasteiger partial charge in [-0.2, -0.15) is 0 Å². The number of halogens is 1. The molecule has 4 heteroatoms. The van der Waals surface area contributed by atoms with Crippen LogP contribution in [-0.4, -0.2) is 22.8 Å². The van der Waals surface area contributed by atoms with Gasteiger partial charge in [-0.15, -0.1) is 0 Å². The number of hydrogen-bond donors (Lipinski definition) is 2. The summed E-state index contributed by atoms with van der Waals surface area (Å²) in [6.45, 7) is 5.23. The van der Waals surface area contributed by atoms with Crippen molar-refractivity contribution in [2.75, 3.05) is 13.2 Å². The molecule has 20 heavy (non-hydrogen) atoms. The Morgan fingerprint density at radius 2 is 2.10 bits per heavy atom. The lowest BCUT2D eigenvalue weighted by atomic mass is 10.2. The molecular weight excluding hydrogens is 272 g/mol. The van der Waals surface area contributed by atoms with Gasteiger partial charge in [-0.3, -0.25) is 0 Å². The second-order valence-electron chi connectivity index (χ2n) is 5.07. The van der Waals surface area contributed by atoms with E-state index in [1.807, 2.05) is 12.1 Å². The standard InChI is InChI=1S/C16H23ClN2O/c1-2-18-11-13-12-19(8-4-3-5-9-20)16-10-14(17)6-7-15(13)16/h6-7,10,12,18,20H,2-5,8-9,11H2,1H3. The number of rotatable bonds is 8. The van der Waals surface area contributed by atoms with Crippen LogP contribution in [0, 0.1) is 0 Å². The molecule has 1 aromatic carbocycles. The molecule has 0 spiro atoms. The van der Waals surface area contributed by atoms with Crippen molar-refractivity contribution in [2.24, 2.45) is 0 Å². The van der Waals surface area contributed by atoms with Crippen molar-refractivity contribution in [2.45, 2.75) is 39.3 Å². The van der Waals surface area contributed by atoms with Gasteiger partial charge in [0.05, 0.1) is 0 Å². The molecule has 1 aromatic heterocycles. The van der Waals surface area contributed by atoms with Crippen LogP contribution in [-0.2, 0) is 13.1 Å². The van der Waals surface area contributed by atoms with E-state index < -0.39 is 0 Å². The largest absolute Gasteiger partial charge is 0.396 e. The smallest absolute Gasteiger partial charge is 0.0498 e. The van der Waals surface area contributed by atoms with Crippen molar-refractivity contribution >= 4 is 22.5 Å². The molecule has 0 atom stereocenters. The van der Waals surface area contributed by atoms with Crippen molar-refractivity contribution in [1.82, 2.24) is 9.88 Å². The number of aliphatic hydroxyl groups excluding tert-OH is 1. The van der Waals surface area contributed by atoms with Gasteiger partial charge in [0.1, 0.15) is 0 Å². The third kappa shape index (κ3) is 3.75. The molecule has 2 aromatic rings. The Balaban J connectivity index is 2.20. The molecular formula is C16H23ClN2O. The Labute approximate surface area is 125 Å². The van der Waals surface area contributed by atoms with Gasteiger partial charge >= 0.3 is 0 Å². The molecule has 0 saturated carbocycles. The summed E-state index contributed by atoms with van der Waals surface area (Å²) in [7, 11) is 0. The van der Waals surface area contributed by atoms with E-state index in [0.29, 0.717) is 0 Å². The minimum atomic E-state index is 0.282. The number of aryl methyl sites for hydroxylation is 1. The third-order valence-electron chi connectivity index (χ3n) is 3.55. The van der Waals surface area contributed by atoms with Gasteiger partial charge in [0, 0.05) is 41.8 Å². The number of hydrogen-bond acceptors (Lipinski definition) is 2. The highest BCUT2D eigenvalue weighted by atomic mass is 35.5. The normalized spacial score (nSPS) is 11.3. The topological polar surface area (TPSA) is 37.2 Å². The fourth-order valence-corrected chi connectivity index (χ4v) is 2.66. The Hall–Kier alpha value is -1.03. The summed E-state index contributed by atoms with van der Waals surface area (Å²) < 4.78 is 2.28. The van der Waals surface area contributed by atoms with Crippen molar-refractivity contribution in [3.05, 3.63) is 35.0 Å². The molecule has 110 valence electrons. The highest BCUT2D eigenvalue weighted by molar-refractivity contribution is 6.31. The molecule has 3 nitrogen and oxygen atoms in total. The van der Waals surface area contributed by atoms with Crippen LogP contribution in [0.25, 0.3) is 10.9 Å². The molecule has 1 heterocycles. The minimum Gasteiger partial charge on any atom is -0.396 e. The SMILES string of the molecule is CCNCc1cn(CCCCCO)c2cc(Cl)ccc12. The number of aromatic nitrogens is 1. The monoisotopic (exact) mass is 294 g/mol. The number of nitrogens with one attached hydrogen (secondary N) is 1. The minimum absolute atomic E-state index is 0.282. The lowest BCUT2D eigenvalue weighted by Crippen LogP contribution is -2.11. The molecule has 2 rings (SSSR count). The average Bonchev–Trinajstić information content (AvgIpc) is 2.79. The summed E-state index contributed by atoms with van der Waals surface area (Å²) in [5.74, 6) is 0. The second-order valence-corrected chi connectivity index (χ2v) is 5.51. The van der Waals surface area contributed by atoms with E-state index in [4.69, 9.17) is 16.7 Å². The van der Waals surface area contributed by atoms with Crippen LogP contribution in [0.15, 0.2) is 24.4 Å². The van der Waals surface area contributed by atoms with E-state index in [1.54, 1.807) is 0 Å². The van der Waals surface area contributed by atoms with Crippen LogP contribution in [0.5, 0.6) is 0 Å². The summed E-state index contributed by atoms with van der Waals surface area (Å²) in [5.41, 5.74) is 2.52. The van der Waals surface area contributed by atoms with Crippen LogP contribution in [0.3, 0.4) is 0 Å². The van der Waals surface area contributed by atoms with Gasteiger partial charge in [0.15, 0.2) is 0 Å². The highest BCUT2D eigenvalue weighted by Gasteiger charge is 2.08. The maximum absolute atomic E-state index is 8.84. The van der Waals surface area contributed by atoms with E-state index in [2.05, 4.69) is 29.1 Å². The van der Waals surface area contributed by atoms with E-state index in [-0.39, 0.29) is 6.61 Å². The fraction of sp³-hybridized carbons (Fsp3) is 0.500.